The van der Waals surface area contributed by atoms with Crippen LogP contribution in [0.1, 0.15) is 52.5 Å². The van der Waals surface area contributed by atoms with Crippen LogP contribution in [0.2, 0.25) is 0 Å². The van der Waals surface area contributed by atoms with E-state index in [0.29, 0.717) is 5.41 Å². The molecular weight excluding hydrogens is 258 g/mol. The number of pyridine rings is 1. The number of hydrogen-bond acceptors (Lipinski definition) is 3. The predicted molar refractivity (Wildman–Crippen MR) is 90.5 cm³/mol. The van der Waals surface area contributed by atoms with Crippen LogP contribution in [0, 0.1) is 11.3 Å². The smallest absolute Gasteiger partial charge is 0.125 e. The van der Waals surface area contributed by atoms with Crippen molar-refractivity contribution in [3.05, 3.63) is 23.9 Å². The summed E-state index contributed by atoms with van der Waals surface area (Å²) in [5.74, 6) is 1.86. The molecule has 0 radical (unpaired) electrons. The van der Waals surface area contributed by atoms with E-state index in [0.717, 1.165) is 31.2 Å². The minimum atomic E-state index is 0.459. The van der Waals surface area contributed by atoms with Crippen LogP contribution in [0.15, 0.2) is 18.3 Å². The van der Waals surface area contributed by atoms with Crippen LogP contribution in [0.4, 0.5) is 5.82 Å². The van der Waals surface area contributed by atoms with Gasteiger partial charge in [0.05, 0.1) is 0 Å². The second-order valence-electron chi connectivity index (χ2n) is 7.39. The molecule has 0 aliphatic carbocycles. The first-order valence-electron chi connectivity index (χ1n) is 8.40. The Kier molecular flexibility index (Phi) is 5.63. The summed E-state index contributed by atoms with van der Waals surface area (Å²) >= 11 is 0. The van der Waals surface area contributed by atoms with Crippen LogP contribution in [-0.2, 0) is 6.54 Å². The van der Waals surface area contributed by atoms with Crippen molar-refractivity contribution < 1.29 is 0 Å². The second kappa shape index (κ2) is 7.26. The Morgan fingerprint density at radius 3 is 2.48 bits per heavy atom. The summed E-state index contributed by atoms with van der Waals surface area (Å²) in [6.45, 7) is 13.8. The SMILES string of the molecule is CCCNc1ccc(CN2CCC(C(C)(C)C)CC2)cn1. The largest absolute Gasteiger partial charge is 0.370 e. The maximum absolute atomic E-state index is 4.50. The summed E-state index contributed by atoms with van der Waals surface area (Å²) in [6, 6.07) is 4.31. The Hall–Kier alpha value is -1.09. The van der Waals surface area contributed by atoms with Gasteiger partial charge in [-0.15, -0.1) is 0 Å². The molecule has 3 nitrogen and oxygen atoms in total. The number of anilines is 1. The molecule has 3 heteroatoms. The summed E-state index contributed by atoms with van der Waals surface area (Å²) in [7, 11) is 0. The topological polar surface area (TPSA) is 28.2 Å². The molecule has 0 spiro atoms. The lowest BCUT2D eigenvalue weighted by atomic mass is 9.75. The fourth-order valence-electron chi connectivity index (χ4n) is 3.09. The van der Waals surface area contributed by atoms with Crippen molar-refractivity contribution in [3.8, 4) is 0 Å². The Labute approximate surface area is 130 Å². The van der Waals surface area contributed by atoms with Gasteiger partial charge < -0.3 is 5.32 Å². The summed E-state index contributed by atoms with van der Waals surface area (Å²) < 4.78 is 0. The lowest BCUT2D eigenvalue weighted by Gasteiger charge is -2.38. The maximum Gasteiger partial charge on any atom is 0.125 e. The number of rotatable bonds is 5. The van der Waals surface area contributed by atoms with Crippen LogP contribution in [0.25, 0.3) is 0 Å². The molecule has 1 aliphatic rings. The van der Waals surface area contributed by atoms with Gasteiger partial charge in [0.15, 0.2) is 0 Å². The van der Waals surface area contributed by atoms with Crippen LogP contribution in [0.3, 0.4) is 0 Å². The molecule has 1 saturated heterocycles. The first-order valence-corrected chi connectivity index (χ1v) is 8.40. The van der Waals surface area contributed by atoms with Gasteiger partial charge in [0.1, 0.15) is 5.82 Å². The van der Waals surface area contributed by atoms with Gasteiger partial charge >= 0.3 is 0 Å². The molecule has 0 amide bonds. The van der Waals surface area contributed by atoms with Gasteiger partial charge in [0.2, 0.25) is 0 Å². The lowest BCUT2D eigenvalue weighted by Crippen LogP contribution is -2.37. The van der Waals surface area contributed by atoms with Crippen molar-refractivity contribution in [2.45, 2.75) is 53.5 Å². The van der Waals surface area contributed by atoms with E-state index in [9.17, 15) is 0 Å². The van der Waals surface area contributed by atoms with E-state index >= 15 is 0 Å². The summed E-state index contributed by atoms with van der Waals surface area (Å²) in [5, 5.41) is 3.32. The zero-order valence-electron chi connectivity index (χ0n) is 14.2. The van der Waals surface area contributed by atoms with Crippen LogP contribution in [-0.4, -0.2) is 29.5 Å². The molecule has 0 aromatic carbocycles. The normalized spacial score (nSPS) is 17.9. The van der Waals surface area contributed by atoms with Crippen LogP contribution < -0.4 is 5.32 Å². The minimum absolute atomic E-state index is 0.459. The Morgan fingerprint density at radius 2 is 1.95 bits per heavy atom. The fraction of sp³-hybridized carbons (Fsp3) is 0.722. The average Bonchev–Trinajstić information content (AvgIpc) is 2.46. The van der Waals surface area contributed by atoms with E-state index in [1.807, 2.05) is 6.20 Å². The van der Waals surface area contributed by atoms with E-state index in [-0.39, 0.29) is 0 Å². The Morgan fingerprint density at radius 1 is 1.24 bits per heavy atom. The van der Waals surface area contributed by atoms with Crippen molar-refractivity contribution in [1.82, 2.24) is 9.88 Å². The molecule has 21 heavy (non-hydrogen) atoms. The van der Waals surface area contributed by atoms with Gasteiger partial charge in [0, 0.05) is 19.3 Å². The molecule has 118 valence electrons. The first kappa shape index (κ1) is 16.3. The highest BCUT2D eigenvalue weighted by Gasteiger charge is 2.28. The average molecular weight is 289 g/mol. The molecular formula is C18H31N3. The van der Waals surface area contributed by atoms with Gasteiger partial charge in [-0.2, -0.15) is 0 Å². The van der Waals surface area contributed by atoms with Gasteiger partial charge in [-0.05, 0) is 55.3 Å². The third kappa shape index (κ3) is 4.99. The number of piperidine rings is 1. The number of nitrogens with one attached hydrogen (secondary N) is 1. The van der Waals surface area contributed by atoms with E-state index < -0.39 is 0 Å². The fourth-order valence-corrected chi connectivity index (χ4v) is 3.09. The zero-order valence-corrected chi connectivity index (χ0v) is 14.2. The highest BCUT2D eigenvalue weighted by atomic mass is 15.1. The van der Waals surface area contributed by atoms with Crippen molar-refractivity contribution in [3.63, 3.8) is 0 Å². The Bertz CT molecular complexity index is 411. The predicted octanol–water partition coefficient (Wildman–Crippen LogP) is 4.16. The third-order valence-corrected chi connectivity index (χ3v) is 4.60. The van der Waals surface area contributed by atoms with Gasteiger partial charge in [-0.1, -0.05) is 33.8 Å². The molecule has 2 heterocycles. The third-order valence-electron chi connectivity index (χ3n) is 4.60. The van der Waals surface area contributed by atoms with E-state index in [4.69, 9.17) is 0 Å². The minimum Gasteiger partial charge on any atom is -0.370 e. The summed E-state index contributed by atoms with van der Waals surface area (Å²) in [4.78, 5) is 7.07. The number of hydrogen-bond donors (Lipinski definition) is 1. The molecule has 0 bridgehead atoms. The van der Waals surface area contributed by atoms with Gasteiger partial charge in [-0.3, -0.25) is 4.90 Å². The quantitative estimate of drug-likeness (QED) is 0.882. The number of aromatic nitrogens is 1. The molecule has 2 rings (SSSR count). The molecule has 0 saturated carbocycles. The second-order valence-corrected chi connectivity index (χ2v) is 7.39. The highest BCUT2D eigenvalue weighted by Crippen LogP contribution is 2.34. The molecule has 1 aromatic heterocycles. The van der Waals surface area contributed by atoms with Crippen LogP contribution in [0.5, 0.6) is 0 Å². The van der Waals surface area contributed by atoms with E-state index in [2.05, 4.69) is 55.0 Å². The molecule has 1 N–H and O–H groups in total. The van der Waals surface area contributed by atoms with Crippen molar-refractivity contribution in [2.75, 3.05) is 25.0 Å². The van der Waals surface area contributed by atoms with Crippen molar-refractivity contribution in [1.29, 1.82) is 0 Å². The molecule has 0 unspecified atom stereocenters. The Balaban J connectivity index is 1.80. The molecule has 1 aromatic rings. The lowest BCUT2D eigenvalue weighted by molar-refractivity contribution is 0.108. The van der Waals surface area contributed by atoms with Gasteiger partial charge in [-0.25, -0.2) is 4.98 Å². The van der Waals surface area contributed by atoms with Crippen molar-refractivity contribution >= 4 is 5.82 Å². The maximum atomic E-state index is 4.50. The standard InChI is InChI=1S/C18H31N3/c1-5-10-19-17-7-6-15(13-20-17)14-21-11-8-16(9-12-21)18(2,3)4/h6-7,13,16H,5,8-12,14H2,1-4H3,(H,19,20). The van der Waals surface area contributed by atoms with E-state index in [1.54, 1.807) is 0 Å². The number of likely N-dealkylation sites (tertiary alicyclic amines) is 1. The summed E-state index contributed by atoms with van der Waals surface area (Å²) in [5.41, 5.74) is 1.78. The molecule has 0 atom stereocenters. The van der Waals surface area contributed by atoms with Crippen LogP contribution >= 0.6 is 0 Å². The molecule has 1 aliphatic heterocycles. The summed E-state index contributed by atoms with van der Waals surface area (Å²) in [6.07, 6.45) is 5.81. The first-order chi connectivity index (χ1) is 9.99. The highest BCUT2D eigenvalue weighted by molar-refractivity contribution is 5.35. The molecule has 1 fully saturated rings. The number of nitrogens with zero attached hydrogens (tertiary/aromatic N) is 2. The van der Waals surface area contributed by atoms with Crippen molar-refractivity contribution in [2.24, 2.45) is 11.3 Å². The van der Waals surface area contributed by atoms with Gasteiger partial charge in [0.25, 0.3) is 0 Å². The monoisotopic (exact) mass is 289 g/mol. The zero-order chi connectivity index (χ0) is 15.3. The van der Waals surface area contributed by atoms with E-state index in [1.165, 1.54) is 31.5 Å².